The zero-order chi connectivity index (χ0) is 21.7. The molecule has 2 aliphatic rings. The number of nitrogens with one attached hydrogen (secondary N) is 1. The first kappa shape index (κ1) is 19.4. The predicted molar refractivity (Wildman–Crippen MR) is 117 cm³/mol. The highest BCUT2D eigenvalue weighted by Crippen LogP contribution is 2.47. The summed E-state index contributed by atoms with van der Waals surface area (Å²) >= 11 is 6.13. The smallest absolute Gasteiger partial charge is 0.336 e. The molecule has 2 heterocycles. The van der Waals surface area contributed by atoms with Crippen molar-refractivity contribution in [2.45, 2.75) is 12.8 Å². The average molecular weight is 432 g/mol. The van der Waals surface area contributed by atoms with Gasteiger partial charge in [0.25, 0.3) is 0 Å². The number of esters is 1. The second-order valence-corrected chi connectivity index (χ2v) is 7.90. The summed E-state index contributed by atoms with van der Waals surface area (Å²) < 4.78 is 11.2. The van der Waals surface area contributed by atoms with Gasteiger partial charge in [-0.1, -0.05) is 48.0 Å². The Bertz CT molecular complexity index is 1310. The van der Waals surface area contributed by atoms with Crippen molar-refractivity contribution < 1.29 is 18.7 Å². The van der Waals surface area contributed by atoms with E-state index in [1.165, 1.54) is 7.11 Å². The number of hydrogen-bond donors (Lipinski definition) is 1. The van der Waals surface area contributed by atoms with E-state index in [2.05, 4.69) is 5.32 Å². The number of carbonyl (C=O) groups is 2. The molecule has 1 aliphatic carbocycles. The highest BCUT2D eigenvalue weighted by molar-refractivity contribution is 6.30. The van der Waals surface area contributed by atoms with Crippen molar-refractivity contribution in [3.05, 3.63) is 99.4 Å². The summed E-state index contributed by atoms with van der Waals surface area (Å²) in [5.41, 5.74) is 4.40. The summed E-state index contributed by atoms with van der Waals surface area (Å²) in [5.74, 6) is -0.229. The molecular weight excluding hydrogens is 414 g/mol. The molecule has 1 aromatic heterocycles. The lowest BCUT2D eigenvalue weighted by atomic mass is 9.83. The maximum Gasteiger partial charge on any atom is 0.336 e. The zero-order valence-electron chi connectivity index (χ0n) is 16.9. The lowest BCUT2D eigenvalue weighted by Gasteiger charge is -2.27. The molecule has 0 saturated heterocycles. The molecule has 2 aromatic carbocycles. The molecule has 0 bridgehead atoms. The van der Waals surface area contributed by atoms with Crippen LogP contribution in [0, 0.1) is 0 Å². The van der Waals surface area contributed by atoms with Crippen LogP contribution in [0.4, 0.5) is 0 Å². The van der Waals surface area contributed by atoms with E-state index in [0.29, 0.717) is 44.6 Å². The van der Waals surface area contributed by atoms with Crippen LogP contribution in [-0.2, 0) is 9.53 Å². The van der Waals surface area contributed by atoms with Crippen LogP contribution in [0.5, 0.6) is 0 Å². The van der Waals surface area contributed by atoms with Crippen molar-refractivity contribution >= 4 is 29.1 Å². The number of rotatable bonds is 3. The highest BCUT2D eigenvalue weighted by atomic mass is 35.5. The lowest BCUT2D eigenvalue weighted by Crippen LogP contribution is -2.28. The monoisotopic (exact) mass is 431 g/mol. The number of hydrogen-bond acceptors (Lipinski definition) is 5. The Morgan fingerprint density at radius 3 is 2.58 bits per heavy atom. The Kier molecular flexibility index (Phi) is 4.56. The standard InChI is InChI=1S/C25H18ClNO4/c1-13-20(25(29)30-2)21(19-11-10-18(31-19)14-6-5-7-15(26)12-14)22-23(27-13)16-8-3-4-9-17(16)24(22)28/h3-12,21,27H,1-2H3. The van der Waals surface area contributed by atoms with E-state index < -0.39 is 11.9 Å². The van der Waals surface area contributed by atoms with Gasteiger partial charge >= 0.3 is 5.97 Å². The zero-order valence-corrected chi connectivity index (χ0v) is 17.6. The molecule has 0 spiro atoms. The molecule has 6 heteroatoms. The van der Waals surface area contributed by atoms with Crippen molar-refractivity contribution in [1.82, 2.24) is 5.32 Å². The van der Waals surface area contributed by atoms with Gasteiger partial charge in [-0.15, -0.1) is 0 Å². The van der Waals surface area contributed by atoms with Crippen molar-refractivity contribution in [3.8, 4) is 11.3 Å². The van der Waals surface area contributed by atoms with Crippen LogP contribution in [0.3, 0.4) is 0 Å². The Morgan fingerprint density at radius 2 is 1.84 bits per heavy atom. The number of methoxy groups -OCH3 is 1. The van der Waals surface area contributed by atoms with Gasteiger partial charge in [-0.2, -0.15) is 0 Å². The van der Waals surface area contributed by atoms with Crippen molar-refractivity contribution in [2.24, 2.45) is 0 Å². The number of benzene rings is 2. The van der Waals surface area contributed by atoms with Crippen LogP contribution in [0.25, 0.3) is 17.0 Å². The molecule has 3 aromatic rings. The third kappa shape index (κ3) is 3.01. The Balaban J connectivity index is 1.68. The molecular formula is C25H18ClNO4. The summed E-state index contributed by atoms with van der Waals surface area (Å²) in [5, 5.41) is 3.85. The fraction of sp³-hybridized carbons (Fsp3) is 0.120. The minimum absolute atomic E-state index is 0.127. The molecule has 0 fully saturated rings. The van der Waals surface area contributed by atoms with Gasteiger partial charge < -0.3 is 14.5 Å². The molecule has 1 N–H and O–H groups in total. The number of halogens is 1. The van der Waals surface area contributed by atoms with E-state index in [9.17, 15) is 9.59 Å². The van der Waals surface area contributed by atoms with Crippen molar-refractivity contribution in [2.75, 3.05) is 7.11 Å². The van der Waals surface area contributed by atoms with Crippen LogP contribution < -0.4 is 5.32 Å². The topological polar surface area (TPSA) is 68.5 Å². The number of fused-ring (bicyclic) bond motifs is 2. The minimum atomic E-state index is -0.684. The summed E-state index contributed by atoms with van der Waals surface area (Å²) in [7, 11) is 1.33. The number of ether oxygens (including phenoxy) is 1. The molecule has 154 valence electrons. The number of carbonyl (C=O) groups excluding carboxylic acids is 2. The van der Waals surface area contributed by atoms with Crippen molar-refractivity contribution in [1.29, 1.82) is 0 Å². The van der Waals surface area contributed by atoms with Gasteiger partial charge in [0.05, 0.1) is 24.3 Å². The normalized spacial score (nSPS) is 17.4. The summed E-state index contributed by atoms with van der Waals surface area (Å²) in [6, 6.07) is 18.3. The maximum atomic E-state index is 13.4. The number of allylic oxidation sites excluding steroid dienone is 2. The molecule has 1 aliphatic heterocycles. The molecule has 1 unspecified atom stereocenters. The van der Waals surface area contributed by atoms with Gasteiger partial charge in [0, 0.05) is 33.0 Å². The van der Waals surface area contributed by atoms with Gasteiger partial charge in [0.1, 0.15) is 11.5 Å². The van der Waals surface area contributed by atoms with E-state index >= 15 is 0 Å². The van der Waals surface area contributed by atoms with Gasteiger partial charge in [-0.05, 0) is 31.2 Å². The van der Waals surface area contributed by atoms with Gasteiger partial charge in [0.15, 0.2) is 5.78 Å². The van der Waals surface area contributed by atoms with E-state index in [1.54, 1.807) is 31.2 Å². The Labute approximate surface area is 184 Å². The summed E-state index contributed by atoms with van der Waals surface area (Å²) in [6.07, 6.45) is 0. The number of Topliss-reactive ketones (excluding diaryl/α,β-unsaturated/α-hetero) is 1. The third-order valence-corrected chi connectivity index (χ3v) is 5.91. The molecule has 31 heavy (non-hydrogen) atoms. The van der Waals surface area contributed by atoms with E-state index in [-0.39, 0.29) is 5.78 Å². The molecule has 1 atom stereocenters. The Hall–Kier alpha value is -3.57. The van der Waals surface area contributed by atoms with Crippen LogP contribution in [0.2, 0.25) is 5.02 Å². The first-order chi connectivity index (χ1) is 15.0. The fourth-order valence-corrected chi connectivity index (χ4v) is 4.49. The van der Waals surface area contributed by atoms with Crippen LogP contribution in [0.15, 0.2) is 81.9 Å². The quantitative estimate of drug-likeness (QED) is 0.567. The Morgan fingerprint density at radius 1 is 1.06 bits per heavy atom. The minimum Gasteiger partial charge on any atom is -0.466 e. The average Bonchev–Trinajstić information content (AvgIpc) is 3.37. The SMILES string of the molecule is COC(=O)C1=C(C)NC2=C(C(=O)c3ccccc32)C1c1ccc(-c2cccc(Cl)c2)o1. The lowest BCUT2D eigenvalue weighted by molar-refractivity contribution is -0.136. The van der Waals surface area contributed by atoms with Crippen molar-refractivity contribution in [3.63, 3.8) is 0 Å². The third-order valence-electron chi connectivity index (χ3n) is 5.67. The van der Waals surface area contributed by atoms with E-state index in [4.69, 9.17) is 20.8 Å². The molecule has 0 amide bonds. The van der Waals surface area contributed by atoms with Gasteiger partial charge in [-0.25, -0.2) is 4.79 Å². The summed E-state index contributed by atoms with van der Waals surface area (Å²) in [6.45, 7) is 1.80. The largest absolute Gasteiger partial charge is 0.466 e. The highest BCUT2D eigenvalue weighted by Gasteiger charge is 2.44. The second kappa shape index (κ2) is 7.29. The molecule has 5 nitrogen and oxygen atoms in total. The van der Waals surface area contributed by atoms with Gasteiger partial charge in [-0.3, -0.25) is 4.79 Å². The second-order valence-electron chi connectivity index (χ2n) is 7.46. The molecule has 5 rings (SSSR count). The van der Waals surface area contributed by atoms with E-state index in [0.717, 1.165) is 11.1 Å². The van der Waals surface area contributed by atoms with Crippen LogP contribution in [-0.4, -0.2) is 18.9 Å². The maximum absolute atomic E-state index is 13.4. The number of furan rings is 1. The molecule has 0 saturated carbocycles. The van der Waals surface area contributed by atoms with Crippen LogP contribution >= 0.6 is 11.6 Å². The summed E-state index contributed by atoms with van der Waals surface area (Å²) in [4.78, 5) is 26.1. The fourth-order valence-electron chi connectivity index (χ4n) is 4.30. The molecule has 0 radical (unpaired) electrons. The van der Waals surface area contributed by atoms with Crippen LogP contribution in [0.1, 0.15) is 34.5 Å². The van der Waals surface area contributed by atoms with E-state index in [1.807, 2.05) is 36.4 Å². The first-order valence-corrected chi connectivity index (χ1v) is 10.2. The first-order valence-electron chi connectivity index (χ1n) is 9.79. The number of ketones is 1. The number of dihydropyridines is 1. The van der Waals surface area contributed by atoms with Gasteiger partial charge in [0.2, 0.25) is 0 Å². The predicted octanol–water partition coefficient (Wildman–Crippen LogP) is 5.34.